The Morgan fingerprint density at radius 2 is 1.79 bits per heavy atom. The molecule has 2 atom stereocenters. The van der Waals surface area contributed by atoms with Gasteiger partial charge in [0, 0.05) is 10.6 Å². The largest absolute Gasteiger partial charge is 0.480 e. The molecule has 0 aliphatic rings. The first-order valence-corrected chi connectivity index (χ1v) is 12.8. The standard InChI is InChI=1S/C29H29Cl2N3O4/c1-5-14-37-26-12-10-20-8-6-7-9-22(20)23(26)17-32-34-29(36)25(15-18(2)3)33-28(35)19(4)38-27-13-11-21(30)16-24(27)31/h1,6-13,16-19,25H,14-15H2,2-4H3,(H,33,35)(H,34,36)/b32-17-/t19-,25+/m0/s1. The van der Waals surface area contributed by atoms with E-state index in [0.29, 0.717) is 28.5 Å². The van der Waals surface area contributed by atoms with Gasteiger partial charge in [-0.25, -0.2) is 5.43 Å². The van der Waals surface area contributed by atoms with Crippen LogP contribution in [0.3, 0.4) is 0 Å². The highest BCUT2D eigenvalue weighted by Crippen LogP contribution is 2.29. The van der Waals surface area contributed by atoms with Crippen LogP contribution in [0, 0.1) is 18.3 Å². The normalized spacial score (nSPS) is 12.7. The molecule has 198 valence electrons. The van der Waals surface area contributed by atoms with Gasteiger partial charge in [-0.05, 0) is 54.3 Å². The molecule has 38 heavy (non-hydrogen) atoms. The SMILES string of the molecule is C#CCOc1ccc2ccccc2c1/C=N\NC(=O)[C@@H](CC(C)C)NC(=O)[C@H](C)Oc1ccc(Cl)cc1Cl. The lowest BCUT2D eigenvalue weighted by molar-refractivity contribution is -0.132. The van der Waals surface area contributed by atoms with Gasteiger partial charge in [0.1, 0.15) is 24.1 Å². The lowest BCUT2D eigenvalue weighted by Crippen LogP contribution is -2.49. The number of ether oxygens (including phenoxy) is 2. The second-order valence-electron chi connectivity index (χ2n) is 8.95. The second-order valence-corrected chi connectivity index (χ2v) is 9.79. The van der Waals surface area contributed by atoms with Gasteiger partial charge in [-0.1, -0.05) is 73.3 Å². The fourth-order valence-corrected chi connectivity index (χ4v) is 4.15. The van der Waals surface area contributed by atoms with E-state index in [2.05, 4.69) is 21.8 Å². The third-order valence-corrected chi connectivity index (χ3v) is 6.05. The summed E-state index contributed by atoms with van der Waals surface area (Å²) in [7, 11) is 0. The Balaban J connectivity index is 1.72. The maximum atomic E-state index is 13.0. The predicted octanol–water partition coefficient (Wildman–Crippen LogP) is 5.61. The van der Waals surface area contributed by atoms with Gasteiger partial charge in [-0.2, -0.15) is 5.10 Å². The zero-order valence-corrected chi connectivity index (χ0v) is 22.8. The molecule has 0 saturated heterocycles. The summed E-state index contributed by atoms with van der Waals surface area (Å²) in [6, 6.07) is 15.3. The van der Waals surface area contributed by atoms with Crippen molar-refractivity contribution in [3.8, 4) is 23.8 Å². The number of terminal acetylenes is 1. The van der Waals surface area contributed by atoms with Crippen molar-refractivity contribution in [2.75, 3.05) is 6.61 Å². The molecule has 0 heterocycles. The van der Waals surface area contributed by atoms with Crippen LogP contribution in [-0.2, 0) is 9.59 Å². The maximum Gasteiger partial charge on any atom is 0.262 e. The third kappa shape index (κ3) is 7.88. The Morgan fingerprint density at radius 1 is 1.05 bits per heavy atom. The molecule has 0 aliphatic heterocycles. The number of hydrazone groups is 1. The van der Waals surface area contributed by atoms with Crippen LogP contribution in [0.2, 0.25) is 10.0 Å². The average molecular weight is 554 g/mol. The van der Waals surface area contributed by atoms with Crippen LogP contribution in [0.25, 0.3) is 10.8 Å². The summed E-state index contributed by atoms with van der Waals surface area (Å²) in [5.41, 5.74) is 3.21. The number of rotatable bonds is 11. The number of hydrogen-bond donors (Lipinski definition) is 2. The summed E-state index contributed by atoms with van der Waals surface area (Å²) in [4.78, 5) is 25.9. The average Bonchev–Trinajstić information content (AvgIpc) is 2.88. The van der Waals surface area contributed by atoms with E-state index in [-0.39, 0.29) is 17.5 Å². The minimum atomic E-state index is -0.911. The van der Waals surface area contributed by atoms with Crippen molar-refractivity contribution in [2.24, 2.45) is 11.0 Å². The number of fused-ring (bicyclic) bond motifs is 1. The van der Waals surface area contributed by atoms with E-state index >= 15 is 0 Å². The summed E-state index contributed by atoms with van der Waals surface area (Å²) in [6.45, 7) is 5.57. The first-order chi connectivity index (χ1) is 18.2. The van der Waals surface area contributed by atoms with Gasteiger partial charge in [-0.15, -0.1) is 6.42 Å². The number of nitrogens with one attached hydrogen (secondary N) is 2. The van der Waals surface area contributed by atoms with E-state index < -0.39 is 24.0 Å². The van der Waals surface area contributed by atoms with E-state index in [1.807, 2.05) is 44.2 Å². The monoisotopic (exact) mass is 553 g/mol. The molecule has 0 saturated carbocycles. The van der Waals surface area contributed by atoms with E-state index in [1.165, 1.54) is 12.3 Å². The molecule has 0 unspecified atom stereocenters. The summed E-state index contributed by atoms with van der Waals surface area (Å²) in [5.74, 6) is 2.48. The summed E-state index contributed by atoms with van der Waals surface area (Å²) >= 11 is 12.1. The molecule has 0 aromatic heterocycles. The Hall–Kier alpha value is -3.73. The highest BCUT2D eigenvalue weighted by Gasteiger charge is 2.25. The van der Waals surface area contributed by atoms with Crippen LogP contribution in [-0.4, -0.2) is 36.8 Å². The van der Waals surface area contributed by atoms with E-state index in [9.17, 15) is 9.59 Å². The number of nitrogens with zero attached hydrogens (tertiary/aromatic N) is 1. The molecule has 3 aromatic carbocycles. The molecule has 3 aromatic rings. The van der Waals surface area contributed by atoms with Crippen LogP contribution in [0.1, 0.15) is 32.8 Å². The molecular formula is C29H29Cl2N3O4. The zero-order chi connectivity index (χ0) is 27.7. The molecule has 0 bridgehead atoms. The van der Waals surface area contributed by atoms with Gasteiger partial charge >= 0.3 is 0 Å². The maximum absolute atomic E-state index is 13.0. The van der Waals surface area contributed by atoms with E-state index in [4.69, 9.17) is 39.1 Å². The molecule has 0 aliphatic carbocycles. The van der Waals surface area contributed by atoms with Gasteiger partial charge in [0.25, 0.3) is 11.8 Å². The van der Waals surface area contributed by atoms with Crippen LogP contribution in [0.5, 0.6) is 11.5 Å². The molecule has 0 radical (unpaired) electrons. The molecule has 7 nitrogen and oxygen atoms in total. The van der Waals surface area contributed by atoms with Gasteiger partial charge in [0.05, 0.1) is 11.2 Å². The minimum Gasteiger partial charge on any atom is -0.480 e. The molecule has 3 rings (SSSR count). The van der Waals surface area contributed by atoms with Crippen LogP contribution in [0.15, 0.2) is 59.7 Å². The molecule has 0 fully saturated rings. The number of amides is 2. The Bertz CT molecular complexity index is 1370. The van der Waals surface area contributed by atoms with Crippen molar-refractivity contribution in [1.82, 2.24) is 10.7 Å². The fourth-order valence-electron chi connectivity index (χ4n) is 3.70. The van der Waals surface area contributed by atoms with Crippen LogP contribution < -0.4 is 20.2 Å². The quantitative estimate of drug-likeness (QED) is 0.183. The number of carbonyl (C=O) groups is 2. The topological polar surface area (TPSA) is 89.0 Å². The van der Waals surface area contributed by atoms with Crippen molar-refractivity contribution < 1.29 is 19.1 Å². The van der Waals surface area contributed by atoms with Gasteiger partial charge in [0.15, 0.2) is 6.10 Å². The van der Waals surface area contributed by atoms with Crippen molar-refractivity contribution in [3.05, 3.63) is 70.2 Å². The van der Waals surface area contributed by atoms with E-state index in [1.54, 1.807) is 25.1 Å². The first-order valence-electron chi connectivity index (χ1n) is 12.0. The highest BCUT2D eigenvalue weighted by molar-refractivity contribution is 6.35. The van der Waals surface area contributed by atoms with Gasteiger partial charge in [0.2, 0.25) is 0 Å². The Labute approximate surface area is 232 Å². The number of benzene rings is 3. The molecular weight excluding hydrogens is 525 g/mol. The smallest absolute Gasteiger partial charge is 0.262 e. The predicted molar refractivity (Wildman–Crippen MR) is 152 cm³/mol. The molecule has 9 heteroatoms. The Morgan fingerprint density at radius 3 is 2.50 bits per heavy atom. The molecule has 2 N–H and O–H groups in total. The van der Waals surface area contributed by atoms with Crippen LogP contribution in [0.4, 0.5) is 0 Å². The second kappa shape index (κ2) is 13.7. The third-order valence-electron chi connectivity index (χ3n) is 5.52. The number of halogens is 2. The summed E-state index contributed by atoms with van der Waals surface area (Å²) in [5, 5.41) is 9.51. The lowest BCUT2D eigenvalue weighted by Gasteiger charge is -2.22. The first kappa shape index (κ1) is 28.8. The molecule has 2 amide bonds. The molecule has 0 spiro atoms. The van der Waals surface area contributed by atoms with Gasteiger partial charge < -0.3 is 14.8 Å². The lowest BCUT2D eigenvalue weighted by atomic mass is 10.0. The van der Waals surface area contributed by atoms with E-state index in [0.717, 1.165) is 10.8 Å². The highest BCUT2D eigenvalue weighted by atomic mass is 35.5. The van der Waals surface area contributed by atoms with Crippen molar-refractivity contribution in [2.45, 2.75) is 39.3 Å². The zero-order valence-electron chi connectivity index (χ0n) is 21.3. The van der Waals surface area contributed by atoms with Crippen molar-refractivity contribution >= 4 is 52.0 Å². The fraction of sp³-hybridized carbons (Fsp3) is 0.276. The van der Waals surface area contributed by atoms with Gasteiger partial charge in [-0.3, -0.25) is 9.59 Å². The number of hydrogen-bond acceptors (Lipinski definition) is 5. The summed E-state index contributed by atoms with van der Waals surface area (Å²) < 4.78 is 11.3. The van der Waals surface area contributed by atoms with Crippen molar-refractivity contribution in [3.63, 3.8) is 0 Å². The number of carbonyl (C=O) groups excluding carboxylic acids is 2. The Kier molecular flexibility index (Phi) is 10.4. The summed E-state index contributed by atoms with van der Waals surface area (Å²) in [6.07, 6.45) is 6.34. The minimum absolute atomic E-state index is 0.0928. The van der Waals surface area contributed by atoms with Crippen LogP contribution >= 0.6 is 23.2 Å². The van der Waals surface area contributed by atoms with Crippen molar-refractivity contribution in [1.29, 1.82) is 0 Å².